The van der Waals surface area contributed by atoms with Gasteiger partial charge in [0.2, 0.25) is 5.91 Å². The van der Waals surface area contributed by atoms with Gasteiger partial charge in [-0.2, -0.15) is 10.2 Å². The van der Waals surface area contributed by atoms with Crippen LogP contribution in [0.4, 0.5) is 35.3 Å². The van der Waals surface area contributed by atoms with Crippen molar-refractivity contribution in [1.82, 2.24) is 19.8 Å². The molecule has 0 bridgehead atoms. The lowest BCUT2D eigenvalue weighted by atomic mass is 10.1. The molecule has 1 fully saturated rings. The van der Waals surface area contributed by atoms with Gasteiger partial charge < -0.3 is 4.90 Å². The number of likely N-dealkylation sites (N-methyl/N-ethyl adjacent to an activating group) is 1. The summed E-state index contributed by atoms with van der Waals surface area (Å²) in [5, 5.41) is 11.1. The average Bonchev–Trinajstić information content (AvgIpc) is 2.81. The number of aromatic nitrogens is 2. The highest BCUT2D eigenvalue weighted by Crippen LogP contribution is 2.27. The van der Waals surface area contributed by atoms with E-state index in [-0.39, 0.29) is 36.3 Å². The topological polar surface area (TPSA) is 126 Å². The number of amides is 3. The van der Waals surface area contributed by atoms with Crippen LogP contribution in [0.15, 0.2) is 30.5 Å². The first-order chi connectivity index (χ1) is 16.5. The van der Waals surface area contributed by atoms with Crippen LogP contribution in [-0.4, -0.2) is 78.0 Å². The van der Waals surface area contributed by atoms with Crippen LogP contribution < -0.4 is 15.1 Å². The van der Waals surface area contributed by atoms with Crippen molar-refractivity contribution in [3.63, 3.8) is 0 Å². The zero-order valence-electron chi connectivity index (χ0n) is 18.8. The normalized spacial score (nSPS) is 14.3. The molecule has 0 saturated carbocycles. The second kappa shape index (κ2) is 10.3. The van der Waals surface area contributed by atoms with E-state index in [0.29, 0.717) is 24.9 Å². The zero-order chi connectivity index (χ0) is 25.8. The van der Waals surface area contributed by atoms with Gasteiger partial charge in [-0.05, 0) is 25.2 Å². The number of aldehydes is 1. The molecular weight excluding hydrogens is 469 g/mol. The van der Waals surface area contributed by atoms with Crippen LogP contribution in [0.25, 0.3) is 0 Å². The predicted molar refractivity (Wildman–Crippen MR) is 118 cm³/mol. The van der Waals surface area contributed by atoms with Gasteiger partial charge in [0.05, 0.1) is 18.4 Å². The summed E-state index contributed by atoms with van der Waals surface area (Å²) >= 11 is 0. The highest BCUT2D eigenvalue weighted by atomic mass is 19.4. The Morgan fingerprint density at radius 1 is 1.29 bits per heavy atom. The number of hydrogen-bond donors (Lipinski definition) is 1. The van der Waals surface area contributed by atoms with E-state index in [0.717, 1.165) is 29.4 Å². The molecule has 1 N–H and O–H groups in total. The monoisotopic (exact) mass is 490 g/mol. The molecule has 1 aliphatic rings. The maximum atomic E-state index is 12.8. The van der Waals surface area contributed by atoms with E-state index in [1.807, 2.05) is 11.9 Å². The highest BCUT2D eigenvalue weighted by molar-refractivity contribution is 6.00. The third-order valence-electron chi connectivity index (χ3n) is 5.22. The molecule has 3 rings (SSSR count). The summed E-state index contributed by atoms with van der Waals surface area (Å²) in [7, 11) is 3.22. The quantitative estimate of drug-likeness (QED) is 0.282. The predicted octanol–water partition coefficient (Wildman–Crippen LogP) is 2.04. The molecule has 0 aliphatic carbocycles. The van der Waals surface area contributed by atoms with Crippen LogP contribution in [-0.2, 0) is 11.3 Å². The fourth-order valence-electron chi connectivity index (χ4n) is 3.27. The fourth-order valence-corrected chi connectivity index (χ4v) is 3.27. The van der Waals surface area contributed by atoms with Crippen molar-refractivity contribution in [2.75, 3.05) is 48.8 Å². The average molecular weight is 490 g/mol. The number of anilines is 3. The van der Waals surface area contributed by atoms with Crippen LogP contribution in [0.1, 0.15) is 16.1 Å². The van der Waals surface area contributed by atoms with Crippen LogP contribution in [0, 0.1) is 11.5 Å². The zero-order valence-corrected chi connectivity index (χ0v) is 18.8. The van der Waals surface area contributed by atoms with Gasteiger partial charge in [-0.1, -0.05) is 6.07 Å². The molecular formula is C21H21F3N8O3. The first-order valence-electron chi connectivity index (χ1n) is 10.2. The molecule has 0 radical (unpaired) electrons. The first kappa shape index (κ1) is 25.4. The van der Waals surface area contributed by atoms with Gasteiger partial charge in [-0.3, -0.25) is 24.7 Å². The lowest BCUT2D eigenvalue weighted by molar-refractivity contribution is -0.136. The number of rotatable bonds is 6. The van der Waals surface area contributed by atoms with Crippen molar-refractivity contribution in [2.24, 2.45) is 0 Å². The summed E-state index contributed by atoms with van der Waals surface area (Å²) in [5.74, 6) is -0.00307. The minimum Gasteiger partial charge on any atom is -0.336 e. The van der Waals surface area contributed by atoms with E-state index >= 15 is 0 Å². The number of nitrogens with zero attached hydrogens (tertiary/aromatic N) is 7. The molecule has 0 aromatic carbocycles. The van der Waals surface area contributed by atoms with Gasteiger partial charge in [0.25, 0.3) is 0 Å². The lowest BCUT2D eigenvalue weighted by Gasteiger charge is -2.32. The number of nitriles is 1. The summed E-state index contributed by atoms with van der Waals surface area (Å²) in [5.41, 5.74) is 0.0811. The number of carbonyl (C=O) groups is 3. The molecule has 35 heavy (non-hydrogen) atoms. The summed E-state index contributed by atoms with van der Waals surface area (Å²) in [4.78, 5) is 48.5. The van der Waals surface area contributed by atoms with Crippen molar-refractivity contribution < 1.29 is 27.6 Å². The molecule has 0 unspecified atom stereocenters. The molecule has 14 heteroatoms. The third-order valence-corrected chi connectivity index (χ3v) is 5.22. The molecule has 0 atom stereocenters. The van der Waals surface area contributed by atoms with Crippen molar-refractivity contribution in [1.29, 1.82) is 5.26 Å². The third kappa shape index (κ3) is 6.01. The number of urea groups is 1. The number of piperazine rings is 1. The van der Waals surface area contributed by atoms with Crippen molar-refractivity contribution >= 4 is 35.5 Å². The number of alkyl halides is 3. The minimum absolute atomic E-state index is 0.0634. The molecule has 2 aromatic heterocycles. The largest absolute Gasteiger partial charge is 0.498 e. The van der Waals surface area contributed by atoms with Crippen LogP contribution >= 0.6 is 0 Å². The van der Waals surface area contributed by atoms with Crippen molar-refractivity contribution in [3.8, 4) is 6.19 Å². The van der Waals surface area contributed by atoms with Crippen LogP contribution in [0.5, 0.6) is 0 Å². The molecule has 1 aliphatic heterocycles. The number of carbonyl (C=O) groups excluding carboxylic acids is 3. The summed E-state index contributed by atoms with van der Waals surface area (Å²) in [6, 6.07) is 4.48. The van der Waals surface area contributed by atoms with E-state index in [9.17, 15) is 27.6 Å². The van der Waals surface area contributed by atoms with E-state index in [2.05, 4.69) is 15.3 Å². The highest BCUT2D eigenvalue weighted by Gasteiger charge is 2.38. The summed E-state index contributed by atoms with van der Waals surface area (Å²) < 4.78 is 38.4. The van der Waals surface area contributed by atoms with Gasteiger partial charge in [-0.25, -0.2) is 14.8 Å². The first-order valence-corrected chi connectivity index (χ1v) is 10.2. The number of pyridine rings is 2. The SMILES string of the molecule is CN1CCN(Cc2ccc(N(C)C(=O)Nc3ccc(N(C#N)C(F)(F)F)cn3)nc2C=O)C(=O)C1. The van der Waals surface area contributed by atoms with E-state index in [4.69, 9.17) is 5.26 Å². The second-order valence-electron chi connectivity index (χ2n) is 7.68. The maximum Gasteiger partial charge on any atom is 0.498 e. The van der Waals surface area contributed by atoms with E-state index in [1.54, 1.807) is 11.0 Å². The summed E-state index contributed by atoms with van der Waals surface area (Å²) in [6.45, 7) is 1.71. The standard InChI is InChI=1S/C21H21F3N8O3/c1-29-7-8-31(19(34)11-29)10-14-3-6-18(27-16(14)12-33)30(2)20(35)28-17-5-4-15(9-26-17)32(13-25)21(22,23)24/h3-6,9,12H,7-8,10-11H2,1-2H3,(H,26,28,35). The second-order valence-corrected chi connectivity index (χ2v) is 7.68. The number of halogens is 3. The van der Waals surface area contributed by atoms with Crippen LogP contribution in [0.3, 0.4) is 0 Å². The van der Waals surface area contributed by atoms with Gasteiger partial charge in [-0.15, -0.1) is 13.2 Å². The number of hydrogen-bond acceptors (Lipinski definition) is 8. The number of nitrogens with one attached hydrogen (secondary N) is 1. The minimum atomic E-state index is -4.91. The Labute approximate surface area is 198 Å². The molecule has 11 nitrogen and oxygen atoms in total. The Morgan fingerprint density at radius 3 is 2.60 bits per heavy atom. The van der Waals surface area contributed by atoms with Gasteiger partial charge in [0.1, 0.15) is 17.3 Å². The van der Waals surface area contributed by atoms with Crippen molar-refractivity contribution in [2.45, 2.75) is 12.8 Å². The van der Waals surface area contributed by atoms with Gasteiger partial charge in [0.15, 0.2) is 12.5 Å². The Kier molecular flexibility index (Phi) is 7.50. The Hall–Kier alpha value is -4.25. The van der Waals surface area contributed by atoms with Crippen molar-refractivity contribution in [3.05, 3.63) is 41.7 Å². The lowest BCUT2D eigenvalue weighted by Crippen LogP contribution is -2.48. The molecule has 3 amide bonds. The Balaban J connectivity index is 1.69. The molecule has 1 saturated heterocycles. The summed E-state index contributed by atoms with van der Waals surface area (Å²) in [6.07, 6.45) is -2.56. The molecule has 184 valence electrons. The van der Waals surface area contributed by atoms with E-state index in [1.165, 1.54) is 13.1 Å². The Bertz CT molecular complexity index is 1150. The smallest absolute Gasteiger partial charge is 0.336 e. The van der Waals surface area contributed by atoms with E-state index < -0.39 is 22.9 Å². The Morgan fingerprint density at radius 2 is 2.03 bits per heavy atom. The molecule has 2 aromatic rings. The molecule has 0 spiro atoms. The van der Waals surface area contributed by atoms with Gasteiger partial charge >= 0.3 is 12.3 Å². The fraction of sp³-hybridized carbons (Fsp3) is 0.333. The van der Waals surface area contributed by atoms with Gasteiger partial charge in [0, 0.05) is 32.2 Å². The van der Waals surface area contributed by atoms with Crippen LogP contribution in [0.2, 0.25) is 0 Å². The maximum absolute atomic E-state index is 12.8. The molecule has 3 heterocycles.